The highest BCUT2D eigenvalue weighted by molar-refractivity contribution is 5.85. The molecule has 0 saturated carbocycles. The molecule has 2 saturated heterocycles. The predicted molar refractivity (Wildman–Crippen MR) is 119 cm³/mol. The Balaban J connectivity index is 0.00000272. The number of rotatable bonds is 8. The smallest absolute Gasteiger partial charge is 0.173 e. The van der Waals surface area contributed by atoms with Gasteiger partial charge in [-0.2, -0.15) is 0 Å². The summed E-state index contributed by atoms with van der Waals surface area (Å²) in [5.41, 5.74) is 1.02. The number of nitrogens with zero attached hydrogens (tertiary/aromatic N) is 6. The number of tetrazole rings is 1. The lowest BCUT2D eigenvalue weighted by Gasteiger charge is -2.39. The number of halogens is 1. The second kappa shape index (κ2) is 11.1. The maximum Gasteiger partial charge on any atom is 0.173 e. The Bertz CT molecular complexity index is 821. The van der Waals surface area contributed by atoms with Gasteiger partial charge in [0.2, 0.25) is 0 Å². The minimum atomic E-state index is -0.120. The summed E-state index contributed by atoms with van der Waals surface area (Å²) in [6.07, 6.45) is 2.30. The van der Waals surface area contributed by atoms with Crippen LogP contribution < -0.4 is 9.47 Å². The molecule has 0 aliphatic carbocycles. The van der Waals surface area contributed by atoms with Gasteiger partial charge in [-0.05, 0) is 48.0 Å². The van der Waals surface area contributed by atoms with Crippen molar-refractivity contribution in [2.45, 2.75) is 38.5 Å². The van der Waals surface area contributed by atoms with E-state index in [1.807, 2.05) is 22.9 Å². The number of methoxy groups -OCH3 is 2. The zero-order valence-corrected chi connectivity index (χ0v) is 19.4. The van der Waals surface area contributed by atoms with Gasteiger partial charge in [0.25, 0.3) is 0 Å². The summed E-state index contributed by atoms with van der Waals surface area (Å²) in [4.78, 5) is 4.91. The Morgan fingerprint density at radius 3 is 2.61 bits per heavy atom. The standard InChI is InChI=1S/C21H32N6O3.ClH/c1-4-25-9-11-26(12-10-25)20(18-14-16(28-2)7-8-19(18)29-3)21-22-23-24-27(21)15-17-6-5-13-30-17;/h7-8,14,17,20H,4-6,9-13,15H2,1-3H3;1H. The molecule has 2 atom stereocenters. The van der Waals surface area contributed by atoms with Gasteiger partial charge in [-0.25, -0.2) is 4.68 Å². The summed E-state index contributed by atoms with van der Waals surface area (Å²) in [5.74, 6) is 2.42. The molecular weight excluding hydrogens is 420 g/mol. The fourth-order valence-corrected chi connectivity index (χ4v) is 4.41. The van der Waals surface area contributed by atoms with Gasteiger partial charge in [0, 0.05) is 38.3 Å². The number of piperazine rings is 1. The fourth-order valence-electron chi connectivity index (χ4n) is 4.41. The molecule has 1 aromatic carbocycles. The maximum absolute atomic E-state index is 5.84. The Kier molecular flexibility index (Phi) is 8.48. The number of benzene rings is 1. The van der Waals surface area contributed by atoms with E-state index in [2.05, 4.69) is 32.2 Å². The SMILES string of the molecule is CCN1CCN(C(c2cc(OC)ccc2OC)c2nnnn2CC2CCCO2)CC1.Cl. The molecule has 1 aromatic heterocycles. The molecule has 0 N–H and O–H groups in total. The van der Waals surface area contributed by atoms with Crippen molar-refractivity contribution in [3.8, 4) is 11.5 Å². The average Bonchev–Trinajstić information content (AvgIpc) is 3.47. The second-order valence-corrected chi connectivity index (χ2v) is 7.83. The van der Waals surface area contributed by atoms with E-state index in [0.29, 0.717) is 6.54 Å². The van der Waals surface area contributed by atoms with E-state index in [-0.39, 0.29) is 24.6 Å². The number of hydrogen-bond acceptors (Lipinski definition) is 8. The molecular formula is C21H33ClN6O3. The maximum atomic E-state index is 5.84. The molecule has 0 radical (unpaired) electrons. The van der Waals surface area contributed by atoms with Gasteiger partial charge in [0.05, 0.1) is 26.9 Å². The van der Waals surface area contributed by atoms with Crippen molar-refractivity contribution >= 4 is 12.4 Å². The van der Waals surface area contributed by atoms with Gasteiger partial charge in [-0.3, -0.25) is 4.90 Å². The van der Waals surface area contributed by atoms with Crippen LogP contribution in [0.3, 0.4) is 0 Å². The first-order valence-electron chi connectivity index (χ1n) is 10.8. The Morgan fingerprint density at radius 1 is 1.16 bits per heavy atom. The van der Waals surface area contributed by atoms with E-state index in [9.17, 15) is 0 Å². The summed E-state index contributed by atoms with van der Waals surface area (Å²) in [6.45, 7) is 8.67. The van der Waals surface area contributed by atoms with Gasteiger partial charge >= 0.3 is 0 Å². The van der Waals surface area contributed by atoms with E-state index in [1.54, 1.807) is 14.2 Å². The van der Waals surface area contributed by atoms with Crippen molar-refractivity contribution in [2.24, 2.45) is 0 Å². The van der Waals surface area contributed by atoms with Crippen molar-refractivity contribution in [1.82, 2.24) is 30.0 Å². The number of ether oxygens (including phenoxy) is 3. The highest BCUT2D eigenvalue weighted by Crippen LogP contribution is 2.36. The van der Waals surface area contributed by atoms with Crippen LogP contribution in [0.1, 0.15) is 37.2 Å². The van der Waals surface area contributed by atoms with Crippen LogP contribution in [0.5, 0.6) is 11.5 Å². The zero-order chi connectivity index (χ0) is 20.9. The van der Waals surface area contributed by atoms with Crippen LogP contribution in [0.2, 0.25) is 0 Å². The average molecular weight is 453 g/mol. The Hall–Kier alpha value is -1.94. The summed E-state index contributed by atoms with van der Waals surface area (Å²) >= 11 is 0. The zero-order valence-electron chi connectivity index (χ0n) is 18.6. The number of hydrogen-bond donors (Lipinski definition) is 0. The van der Waals surface area contributed by atoms with Crippen molar-refractivity contribution in [1.29, 1.82) is 0 Å². The largest absolute Gasteiger partial charge is 0.497 e. The van der Waals surface area contributed by atoms with Crippen molar-refractivity contribution in [3.63, 3.8) is 0 Å². The lowest BCUT2D eigenvalue weighted by atomic mass is 10.0. The molecule has 0 spiro atoms. The number of aromatic nitrogens is 4. The third kappa shape index (κ3) is 5.28. The third-order valence-electron chi connectivity index (χ3n) is 6.16. The Morgan fingerprint density at radius 2 is 1.97 bits per heavy atom. The van der Waals surface area contributed by atoms with Gasteiger partial charge in [-0.1, -0.05) is 6.92 Å². The first-order chi connectivity index (χ1) is 14.7. The first-order valence-corrected chi connectivity index (χ1v) is 10.8. The molecule has 2 fully saturated rings. The predicted octanol–water partition coefficient (Wildman–Crippen LogP) is 2.02. The summed E-state index contributed by atoms with van der Waals surface area (Å²) in [7, 11) is 3.38. The molecule has 10 heteroatoms. The monoisotopic (exact) mass is 452 g/mol. The van der Waals surface area contributed by atoms with Gasteiger partial charge in [-0.15, -0.1) is 17.5 Å². The molecule has 4 rings (SSSR count). The van der Waals surface area contributed by atoms with E-state index in [4.69, 9.17) is 14.2 Å². The molecule has 31 heavy (non-hydrogen) atoms. The van der Waals surface area contributed by atoms with Crippen LogP contribution in [-0.4, -0.2) is 89.7 Å². The van der Waals surface area contributed by atoms with Crippen LogP contribution in [0, 0.1) is 0 Å². The molecule has 172 valence electrons. The van der Waals surface area contributed by atoms with Crippen LogP contribution in [0.15, 0.2) is 18.2 Å². The van der Waals surface area contributed by atoms with Crippen LogP contribution in [-0.2, 0) is 11.3 Å². The van der Waals surface area contributed by atoms with E-state index < -0.39 is 0 Å². The topological polar surface area (TPSA) is 77.8 Å². The summed E-state index contributed by atoms with van der Waals surface area (Å²) in [5, 5.41) is 12.8. The van der Waals surface area contributed by atoms with Gasteiger partial charge < -0.3 is 19.1 Å². The minimum absolute atomic E-state index is 0. The third-order valence-corrected chi connectivity index (χ3v) is 6.16. The molecule has 2 aromatic rings. The minimum Gasteiger partial charge on any atom is -0.497 e. The normalized spacial score (nSPS) is 20.9. The molecule has 9 nitrogen and oxygen atoms in total. The lowest BCUT2D eigenvalue weighted by Crippen LogP contribution is -2.48. The summed E-state index contributed by atoms with van der Waals surface area (Å²) < 4.78 is 19.0. The second-order valence-electron chi connectivity index (χ2n) is 7.83. The molecule has 3 heterocycles. The molecule has 2 aliphatic heterocycles. The van der Waals surface area contributed by atoms with Crippen LogP contribution >= 0.6 is 12.4 Å². The van der Waals surface area contributed by atoms with Crippen molar-refractivity contribution in [3.05, 3.63) is 29.6 Å². The van der Waals surface area contributed by atoms with Crippen LogP contribution in [0.4, 0.5) is 0 Å². The highest BCUT2D eigenvalue weighted by atomic mass is 35.5. The molecule has 0 bridgehead atoms. The number of likely N-dealkylation sites (N-methyl/N-ethyl adjacent to an activating group) is 1. The molecule has 2 aliphatic rings. The van der Waals surface area contributed by atoms with E-state index in [1.165, 1.54) is 0 Å². The van der Waals surface area contributed by atoms with Crippen molar-refractivity contribution < 1.29 is 14.2 Å². The fraction of sp³-hybridized carbons (Fsp3) is 0.667. The van der Waals surface area contributed by atoms with Gasteiger partial charge in [0.1, 0.15) is 17.5 Å². The quantitative estimate of drug-likeness (QED) is 0.602. The molecule has 0 amide bonds. The first kappa shape index (κ1) is 23.7. The van der Waals surface area contributed by atoms with Crippen molar-refractivity contribution in [2.75, 3.05) is 53.6 Å². The Labute approximate surface area is 190 Å². The van der Waals surface area contributed by atoms with E-state index >= 15 is 0 Å². The van der Waals surface area contributed by atoms with E-state index in [0.717, 1.165) is 75.1 Å². The van der Waals surface area contributed by atoms with Gasteiger partial charge in [0.15, 0.2) is 5.82 Å². The molecule has 2 unspecified atom stereocenters. The summed E-state index contributed by atoms with van der Waals surface area (Å²) in [6, 6.07) is 5.80. The highest BCUT2D eigenvalue weighted by Gasteiger charge is 2.33. The van der Waals surface area contributed by atoms with Crippen LogP contribution in [0.25, 0.3) is 0 Å². The lowest BCUT2D eigenvalue weighted by molar-refractivity contribution is 0.0858.